The maximum atomic E-state index is 12.4. The summed E-state index contributed by atoms with van der Waals surface area (Å²) in [4.78, 5) is 12.4. The van der Waals surface area contributed by atoms with Crippen LogP contribution < -0.4 is 10.1 Å². The van der Waals surface area contributed by atoms with Crippen molar-refractivity contribution in [3.63, 3.8) is 0 Å². The highest BCUT2D eigenvalue weighted by Crippen LogP contribution is 2.20. The van der Waals surface area contributed by atoms with E-state index in [1.807, 2.05) is 29.0 Å². The van der Waals surface area contributed by atoms with Gasteiger partial charge in [-0.15, -0.1) is 15.3 Å². The summed E-state index contributed by atoms with van der Waals surface area (Å²) in [5, 5.41) is 23.7. The first-order chi connectivity index (χ1) is 12.7. The number of ether oxygens (including phenoxy) is 1. The summed E-state index contributed by atoms with van der Waals surface area (Å²) in [5.74, 6) is 0.503. The van der Waals surface area contributed by atoms with Crippen molar-refractivity contribution in [1.82, 2.24) is 34.9 Å². The average molecular weight is 369 g/mol. The summed E-state index contributed by atoms with van der Waals surface area (Å²) in [6, 6.07) is 5.75. The Kier molecular flexibility index (Phi) is 4.09. The van der Waals surface area contributed by atoms with Crippen molar-refractivity contribution in [2.45, 2.75) is 6.54 Å². The summed E-state index contributed by atoms with van der Waals surface area (Å²) < 4.78 is 8.27. The van der Waals surface area contributed by atoms with Crippen LogP contribution in [0.3, 0.4) is 0 Å². The number of aryl methyl sites for hydroxylation is 1. The molecule has 0 aliphatic rings. The van der Waals surface area contributed by atoms with E-state index in [1.165, 1.54) is 11.8 Å². The quantitative estimate of drug-likeness (QED) is 0.573. The van der Waals surface area contributed by atoms with Gasteiger partial charge in [0, 0.05) is 24.2 Å². The van der Waals surface area contributed by atoms with Gasteiger partial charge >= 0.3 is 0 Å². The number of hydrogen-bond donors (Lipinski definition) is 1. The van der Waals surface area contributed by atoms with Crippen molar-refractivity contribution in [2.24, 2.45) is 7.05 Å². The third-order valence-corrected chi connectivity index (χ3v) is 4.47. The number of carbonyl (C=O) groups is 1. The van der Waals surface area contributed by atoms with Gasteiger partial charge in [-0.3, -0.25) is 9.48 Å². The van der Waals surface area contributed by atoms with E-state index in [0.29, 0.717) is 17.0 Å². The molecule has 26 heavy (non-hydrogen) atoms. The Balaban J connectivity index is 1.57. The van der Waals surface area contributed by atoms with Crippen LogP contribution in [0.1, 0.15) is 16.2 Å². The zero-order valence-corrected chi connectivity index (χ0v) is 14.9. The van der Waals surface area contributed by atoms with E-state index in [2.05, 4.69) is 25.7 Å². The lowest BCUT2D eigenvalue weighted by molar-refractivity contribution is 0.0946. The average Bonchev–Trinajstić information content (AvgIpc) is 3.38. The molecule has 0 saturated heterocycles. The fraction of sp³-hybridized carbons (Fsp3) is 0.188. The van der Waals surface area contributed by atoms with Crippen LogP contribution in [0.15, 0.2) is 35.2 Å². The van der Waals surface area contributed by atoms with Crippen LogP contribution in [0.2, 0.25) is 0 Å². The lowest BCUT2D eigenvalue weighted by atomic mass is 10.2. The van der Waals surface area contributed by atoms with Crippen molar-refractivity contribution < 1.29 is 9.53 Å². The van der Waals surface area contributed by atoms with Gasteiger partial charge in [-0.05, 0) is 23.6 Å². The van der Waals surface area contributed by atoms with Gasteiger partial charge in [0.05, 0.1) is 19.3 Å². The standard InChI is InChI=1S/C16H15N7O2S/c1-22-8-11(16(21-22)25-2)15(24)17-7-14-19-18-13-4-3-12(20-23(13)14)10-5-6-26-9-10/h3-6,8-9H,7H2,1-2H3,(H,17,24). The fourth-order valence-corrected chi connectivity index (χ4v) is 3.19. The van der Waals surface area contributed by atoms with Crippen molar-refractivity contribution in [3.05, 3.63) is 46.5 Å². The van der Waals surface area contributed by atoms with Crippen molar-refractivity contribution in [2.75, 3.05) is 7.11 Å². The molecule has 0 aliphatic carbocycles. The molecule has 4 heterocycles. The summed E-state index contributed by atoms with van der Waals surface area (Å²) >= 11 is 1.61. The Morgan fingerprint density at radius 3 is 2.92 bits per heavy atom. The predicted octanol–water partition coefficient (Wildman–Crippen LogP) is 1.52. The third-order valence-electron chi connectivity index (χ3n) is 3.78. The van der Waals surface area contributed by atoms with E-state index in [0.717, 1.165) is 11.3 Å². The Labute approximate surface area is 152 Å². The van der Waals surface area contributed by atoms with Crippen molar-refractivity contribution in [1.29, 1.82) is 0 Å². The number of nitrogens with one attached hydrogen (secondary N) is 1. The van der Waals surface area contributed by atoms with Crippen LogP contribution in [0.4, 0.5) is 0 Å². The molecule has 0 fully saturated rings. The molecule has 0 aliphatic heterocycles. The molecular formula is C16H15N7O2S. The van der Waals surface area contributed by atoms with Crippen LogP contribution in [0.5, 0.6) is 5.88 Å². The number of nitrogens with zero attached hydrogens (tertiary/aromatic N) is 6. The second-order valence-corrected chi connectivity index (χ2v) is 6.31. The molecule has 132 valence electrons. The van der Waals surface area contributed by atoms with Crippen LogP contribution in [-0.2, 0) is 13.6 Å². The first kappa shape index (κ1) is 16.2. The molecule has 0 bridgehead atoms. The minimum Gasteiger partial charge on any atom is -0.479 e. The van der Waals surface area contributed by atoms with Gasteiger partial charge in [-0.1, -0.05) is 0 Å². The smallest absolute Gasteiger partial charge is 0.258 e. The number of methoxy groups -OCH3 is 1. The molecule has 0 radical (unpaired) electrons. The highest BCUT2D eigenvalue weighted by atomic mass is 32.1. The number of hydrogen-bond acceptors (Lipinski definition) is 7. The second-order valence-electron chi connectivity index (χ2n) is 5.53. The molecule has 4 aromatic rings. The van der Waals surface area contributed by atoms with Crippen LogP contribution >= 0.6 is 11.3 Å². The highest BCUT2D eigenvalue weighted by Gasteiger charge is 2.17. The number of aromatic nitrogens is 6. The zero-order valence-electron chi connectivity index (χ0n) is 14.1. The maximum absolute atomic E-state index is 12.4. The third kappa shape index (κ3) is 2.90. The highest BCUT2D eigenvalue weighted by molar-refractivity contribution is 7.08. The first-order valence-corrected chi connectivity index (χ1v) is 8.69. The Morgan fingerprint density at radius 2 is 2.15 bits per heavy atom. The number of thiophene rings is 1. The lowest BCUT2D eigenvalue weighted by Crippen LogP contribution is -2.24. The minimum atomic E-state index is -0.305. The minimum absolute atomic E-state index is 0.179. The summed E-state index contributed by atoms with van der Waals surface area (Å²) in [7, 11) is 3.20. The normalized spacial score (nSPS) is 11.0. The molecule has 4 rings (SSSR count). The van der Waals surface area contributed by atoms with Crippen LogP contribution in [-0.4, -0.2) is 42.6 Å². The van der Waals surface area contributed by atoms with Crippen LogP contribution in [0, 0.1) is 0 Å². The molecule has 0 atom stereocenters. The van der Waals surface area contributed by atoms with Gasteiger partial charge in [0.25, 0.3) is 5.91 Å². The summed E-state index contributed by atoms with van der Waals surface area (Å²) in [6.07, 6.45) is 1.60. The molecule has 1 amide bonds. The molecule has 0 aromatic carbocycles. The molecule has 1 N–H and O–H groups in total. The number of fused-ring (bicyclic) bond motifs is 1. The Morgan fingerprint density at radius 1 is 1.27 bits per heavy atom. The SMILES string of the molecule is COc1nn(C)cc1C(=O)NCc1nnc2ccc(-c3ccsc3)nn12. The fourth-order valence-electron chi connectivity index (χ4n) is 2.54. The molecule has 9 nitrogen and oxygen atoms in total. The van der Waals surface area contributed by atoms with Gasteiger partial charge in [0.2, 0.25) is 5.88 Å². The van der Waals surface area contributed by atoms with E-state index in [1.54, 1.807) is 29.1 Å². The Hall–Kier alpha value is -3.27. The number of rotatable bonds is 5. The summed E-state index contributed by atoms with van der Waals surface area (Å²) in [5.41, 5.74) is 2.82. The Bertz CT molecular complexity index is 1070. The second kappa shape index (κ2) is 6.56. The van der Waals surface area contributed by atoms with E-state index in [9.17, 15) is 4.79 Å². The van der Waals surface area contributed by atoms with Crippen LogP contribution in [0.25, 0.3) is 16.9 Å². The molecule has 0 unspecified atom stereocenters. The van der Waals surface area contributed by atoms with Gasteiger partial charge in [0.1, 0.15) is 5.56 Å². The maximum Gasteiger partial charge on any atom is 0.258 e. The largest absolute Gasteiger partial charge is 0.479 e. The first-order valence-electron chi connectivity index (χ1n) is 7.75. The molecule has 10 heteroatoms. The molecule has 0 saturated carbocycles. The topological polar surface area (TPSA) is 99.2 Å². The van der Waals surface area contributed by atoms with Gasteiger partial charge in [-0.2, -0.15) is 21.0 Å². The van der Waals surface area contributed by atoms with E-state index in [-0.39, 0.29) is 18.3 Å². The van der Waals surface area contributed by atoms with E-state index in [4.69, 9.17) is 4.74 Å². The summed E-state index contributed by atoms with van der Waals surface area (Å²) in [6.45, 7) is 0.179. The molecule has 0 spiro atoms. The molecular weight excluding hydrogens is 354 g/mol. The molecule has 4 aromatic heterocycles. The van der Waals surface area contributed by atoms with Gasteiger partial charge < -0.3 is 10.1 Å². The van der Waals surface area contributed by atoms with E-state index >= 15 is 0 Å². The monoisotopic (exact) mass is 369 g/mol. The van der Waals surface area contributed by atoms with E-state index < -0.39 is 0 Å². The van der Waals surface area contributed by atoms with Crippen molar-refractivity contribution >= 4 is 22.9 Å². The van der Waals surface area contributed by atoms with Gasteiger partial charge in [0.15, 0.2) is 11.5 Å². The zero-order chi connectivity index (χ0) is 18.1. The lowest BCUT2D eigenvalue weighted by Gasteiger charge is -2.04. The van der Waals surface area contributed by atoms with Crippen molar-refractivity contribution in [3.8, 4) is 17.1 Å². The number of amides is 1. The van der Waals surface area contributed by atoms with Gasteiger partial charge in [-0.25, -0.2) is 0 Å². The number of carbonyl (C=O) groups excluding carboxylic acids is 1. The predicted molar refractivity (Wildman–Crippen MR) is 95.0 cm³/mol.